The normalized spacial score (nSPS) is 19.8. The highest BCUT2D eigenvalue weighted by atomic mass is 35.5. The first kappa shape index (κ1) is 36.0. The van der Waals surface area contributed by atoms with Crippen LogP contribution in [-0.2, 0) is 28.0 Å². The molecule has 46 heavy (non-hydrogen) atoms. The monoisotopic (exact) mass is 673 g/mol. The molecule has 1 saturated carbocycles. The second-order valence-electron chi connectivity index (χ2n) is 12.3. The van der Waals surface area contributed by atoms with Crippen LogP contribution in [-0.4, -0.2) is 69.2 Å². The first-order valence-corrected chi connectivity index (χ1v) is 17.9. The molecule has 0 radical (unpaired) electrons. The molecule has 4 rings (SSSR count). The van der Waals surface area contributed by atoms with Crippen molar-refractivity contribution in [3.8, 4) is 5.75 Å². The maximum atomic E-state index is 13.6. The van der Waals surface area contributed by atoms with Crippen molar-refractivity contribution >= 4 is 33.4 Å². The summed E-state index contributed by atoms with van der Waals surface area (Å²) in [6, 6.07) is 10.5. The number of aliphatic hydroxyl groups excluding tert-OH is 1. The lowest BCUT2D eigenvalue weighted by molar-refractivity contribution is 0.0465. The van der Waals surface area contributed by atoms with Crippen molar-refractivity contribution < 1.29 is 27.8 Å². The van der Waals surface area contributed by atoms with Gasteiger partial charge < -0.3 is 19.5 Å². The fourth-order valence-corrected chi connectivity index (χ4v) is 7.94. The average Bonchev–Trinajstić information content (AvgIpc) is 3.04. The quantitative estimate of drug-likeness (QED) is 0.190. The molecule has 9 nitrogen and oxygen atoms in total. The number of anilines is 1. The number of fused-ring (bicyclic) bond motifs is 2. The number of nitrogens with one attached hydrogen (secondary N) is 1. The summed E-state index contributed by atoms with van der Waals surface area (Å²) in [7, 11) is -2.60. The predicted octanol–water partition coefficient (Wildman–Crippen LogP) is 5.91. The minimum absolute atomic E-state index is 0.115. The van der Waals surface area contributed by atoms with Crippen LogP contribution in [0, 0.1) is 11.8 Å². The molecule has 0 bridgehead atoms. The number of carbonyl (C=O) groups excluding carboxylic acids is 1. The molecule has 252 valence electrons. The summed E-state index contributed by atoms with van der Waals surface area (Å²) in [5.41, 5.74) is 3.13. The van der Waals surface area contributed by atoms with Gasteiger partial charge in [0, 0.05) is 50.0 Å². The Labute approximate surface area is 279 Å². The first-order valence-electron chi connectivity index (χ1n) is 16.1. The van der Waals surface area contributed by atoms with Crippen LogP contribution in [0.3, 0.4) is 0 Å². The second kappa shape index (κ2) is 16.8. The zero-order chi connectivity index (χ0) is 33.3. The lowest BCUT2D eigenvalue weighted by atomic mass is 9.70. The molecule has 1 unspecified atom stereocenters. The molecule has 1 amide bonds. The van der Waals surface area contributed by atoms with E-state index in [4.69, 9.17) is 21.1 Å². The van der Waals surface area contributed by atoms with E-state index >= 15 is 0 Å². The Balaban J connectivity index is 1.65. The van der Waals surface area contributed by atoms with Crippen LogP contribution < -0.4 is 14.4 Å². The number of methoxy groups -OCH3 is 1. The van der Waals surface area contributed by atoms with Crippen LogP contribution >= 0.6 is 11.6 Å². The van der Waals surface area contributed by atoms with Crippen molar-refractivity contribution in [1.29, 1.82) is 0 Å². The van der Waals surface area contributed by atoms with Crippen molar-refractivity contribution in [2.45, 2.75) is 70.6 Å². The Morgan fingerprint density at radius 3 is 2.72 bits per heavy atom. The van der Waals surface area contributed by atoms with E-state index in [1.54, 1.807) is 44.4 Å². The molecular weight excluding hydrogens is 626 g/mol. The molecule has 0 aromatic heterocycles. The third-order valence-corrected chi connectivity index (χ3v) is 10.9. The highest BCUT2D eigenvalue weighted by Gasteiger charge is 2.37. The van der Waals surface area contributed by atoms with Gasteiger partial charge in [-0.25, -0.2) is 4.72 Å². The fourth-order valence-electron chi connectivity index (χ4n) is 6.34. The van der Waals surface area contributed by atoms with Gasteiger partial charge in [0.05, 0.1) is 11.8 Å². The van der Waals surface area contributed by atoms with E-state index in [9.17, 15) is 18.3 Å². The van der Waals surface area contributed by atoms with Crippen molar-refractivity contribution in [2.24, 2.45) is 11.8 Å². The van der Waals surface area contributed by atoms with E-state index in [0.717, 1.165) is 48.9 Å². The molecule has 1 aliphatic heterocycles. The zero-order valence-electron chi connectivity index (χ0n) is 27.0. The summed E-state index contributed by atoms with van der Waals surface area (Å²) < 4.78 is 42.1. The van der Waals surface area contributed by atoms with Crippen molar-refractivity contribution in [1.82, 2.24) is 9.03 Å². The number of rotatable bonds is 14. The van der Waals surface area contributed by atoms with Gasteiger partial charge in [0.1, 0.15) is 12.4 Å². The van der Waals surface area contributed by atoms with Crippen LogP contribution in [0.15, 0.2) is 61.7 Å². The minimum atomic E-state index is -4.17. The van der Waals surface area contributed by atoms with Crippen LogP contribution in [0.4, 0.5) is 5.69 Å². The number of hydrogen-bond donors (Lipinski definition) is 2. The Morgan fingerprint density at radius 2 is 2.02 bits per heavy atom. The number of hydrogen-bond acceptors (Lipinski definition) is 7. The Hall–Kier alpha value is -2.89. The highest BCUT2D eigenvalue weighted by Crippen LogP contribution is 2.40. The first-order chi connectivity index (χ1) is 22.1. The zero-order valence-corrected chi connectivity index (χ0v) is 28.6. The van der Waals surface area contributed by atoms with Crippen molar-refractivity contribution in [3.05, 3.63) is 83.4 Å². The van der Waals surface area contributed by atoms with E-state index in [1.165, 1.54) is 4.31 Å². The van der Waals surface area contributed by atoms with Crippen LogP contribution in [0.1, 0.15) is 66.9 Å². The van der Waals surface area contributed by atoms with E-state index in [-0.39, 0.29) is 23.9 Å². The van der Waals surface area contributed by atoms with Gasteiger partial charge >= 0.3 is 10.2 Å². The third-order valence-electron chi connectivity index (χ3n) is 9.11. The highest BCUT2D eigenvalue weighted by molar-refractivity contribution is 7.87. The van der Waals surface area contributed by atoms with Gasteiger partial charge in [-0.15, -0.1) is 13.2 Å². The molecule has 11 heteroatoms. The molecule has 0 saturated heterocycles. The predicted molar refractivity (Wildman–Crippen MR) is 184 cm³/mol. The number of ether oxygens (including phenoxy) is 2. The molecule has 2 N–H and O–H groups in total. The molecule has 2 aliphatic rings. The van der Waals surface area contributed by atoms with E-state index in [2.05, 4.69) is 22.8 Å². The summed E-state index contributed by atoms with van der Waals surface area (Å²) in [6.07, 6.45) is 8.19. The number of nitrogens with zero attached hydrogens (tertiary/aromatic N) is 2. The second-order valence-corrected chi connectivity index (χ2v) is 14.3. The summed E-state index contributed by atoms with van der Waals surface area (Å²) in [4.78, 5) is 15.8. The topological polar surface area (TPSA) is 108 Å². The minimum Gasteiger partial charge on any atom is -0.487 e. The van der Waals surface area contributed by atoms with E-state index in [1.807, 2.05) is 18.2 Å². The van der Waals surface area contributed by atoms with Gasteiger partial charge in [-0.1, -0.05) is 29.8 Å². The lowest BCUT2D eigenvalue weighted by Gasteiger charge is -2.42. The number of amides is 1. The number of aryl methyl sites for hydroxylation is 1. The summed E-state index contributed by atoms with van der Waals surface area (Å²) in [5.74, 6) is 0.239. The van der Waals surface area contributed by atoms with Gasteiger partial charge in [-0.2, -0.15) is 12.7 Å². The van der Waals surface area contributed by atoms with Gasteiger partial charge in [0.2, 0.25) is 0 Å². The van der Waals surface area contributed by atoms with E-state index in [0.29, 0.717) is 49.9 Å². The standard InChI is InChI=1S/C35H48ClN3O6S/c1-5-10-25(3)39(19-9-20-44-4)46(42,43)37-35(41)27-14-17-34-32(22-27)38(23-28-13-16-31(28)33(40)6-2)18-8-7-11-26-21-30(36)15-12-29(26)24-45-34/h5-6,12,14-15,17,21-22,25,28,31,33,40H,1-2,7-11,13,16,18-20,23-24H2,3-4H3,(H,37,41)/t25-,28-,31+,33?/m0/s1. The van der Waals surface area contributed by atoms with Crippen LogP contribution in [0.5, 0.6) is 5.75 Å². The fraction of sp³-hybridized carbons (Fsp3) is 0.514. The van der Waals surface area contributed by atoms with Gasteiger partial charge in [0.15, 0.2) is 0 Å². The Morgan fingerprint density at radius 1 is 1.22 bits per heavy atom. The molecule has 1 aliphatic carbocycles. The van der Waals surface area contributed by atoms with Crippen molar-refractivity contribution in [2.75, 3.05) is 38.3 Å². The molecular formula is C35H48ClN3O6S. The van der Waals surface area contributed by atoms with Gasteiger partial charge in [0.25, 0.3) is 5.91 Å². The Bertz CT molecular complexity index is 1470. The summed E-state index contributed by atoms with van der Waals surface area (Å²) in [5, 5.41) is 11.2. The molecule has 0 spiro atoms. The molecule has 1 heterocycles. The average molecular weight is 674 g/mol. The number of benzene rings is 2. The smallest absolute Gasteiger partial charge is 0.304 e. The van der Waals surface area contributed by atoms with Crippen LogP contribution in [0.25, 0.3) is 0 Å². The maximum absolute atomic E-state index is 13.6. The number of carbonyl (C=O) groups is 1. The van der Waals surface area contributed by atoms with Gasteiger partial charge in [-0.05, 0) is 105 Å². The molecule has 1 fully saturated rings. The molecule has 2 aromatic rings. The SMILES string of the molecule is C=CC[C@H](C)N(CCCOC)S(=O)(=O)NC(=O)c1ccc2c(c1)N(C[C@@H]1CC[C@H]1C(O)C=C)CCCCc1cc(Cl)ccc1CO2. The largest absolute Gasteiger partial charge is 0.487 e. The lowest BCUT2D eigenvalue weighted by Crippen LogP contribution is -2.48. The molecule has 4 atom stereocenters. The molecule has 2 aromatic carbocycles. The Kier molecular flexibility index (Phi) is 13.1. The summed E-state index contributed by atoms with van der Waals surface area (Å²) in [6.45, 7) is 11.6. The van der Waals surface area contributed by atoms with Crippen LogP contribution in [0.2, 0.25) is 5.02 Å². The summed E-state index contributed by atoms with van der Waals surface area (Å²) >= 11 is 6.32. The van der Waals surface area contributed by atoms with E-state index < -0.39 is 28.3 Å². The number of aliphatic hydroxyl groups is 1. The van der Waals surface area contributed by atoms with Crippen molar-refractivity contribution in [3.63, 3.8) is 0 Å². The number of halogens is 1. The van der Waals surface area contributed by atoms with Gasteiger partial charge in [-0.3, -0.25) is 4.79 Å². The third kappa shape index (κ3) is 9.13. The maximum Gasteiger partial charge on any atom is 0.304 e.